The van der Waals surface area contributed by atoms with Crippen LogP contribution >= 0.6 is 0 Å². The van der Waals surface area contributed by atoms with E-state index < -0.39 is 0 Å². The summed E-state index contributed by atoms with van der Waals surface area (Å²) in [5.41, 5.74) is -0.0994. The van der Waals surface area contributed by atoms with Crippen molar-refractivity contribution in [3.8, 4) is 0 Å². The predicted octanol–water partition coefficient (Wildman–Crippen LogP) is 1.73. The van der Waals surface area contributed by atoms with E-state index in [9.17, 15) is 4.79 Å². The zero-order chi connectivity index (χ0) is 15.5. The number of carbonyl (C=O) groups is 1. The minimum atomic E-state index is -0.0994. The molecule has 0 aliphatic carbocycles. The van der Waals surface area contributed by atoms with Gasteiger partial charge in [0.15, 0.2) is 5.82 Å². The van der Waals surface area contributed by atoms with Gasteiger partial charge in [-0.05, 0) is 33.6 Å². The van der Waals surface area contributed by atoms with Crippen LogP contribution in [0, 0.1) is 0 Å². The second kappa shape index (κ2) is 6.56. The van der Waals surface area contributed by atoms with Gasteiger partial charge in [-0.2, -0.15) is 5.10 Å². The van der Waals surface area contributed by atoms with Gasteiger partial charge < -0.3 is 9.64 Å². The lowest BCUT2D eigenvalue weighted by atomic mass is 10.1. The van der Waals surface area contributed by atoms with Crippen LogP contribution in [-0.2, 0) is 28.1 Å². The number of carbonyl (C=O) groups excluding carboxylic acids is 1. The number of likely N-dealkylation sites (tertiary alicyclic amines) is 1. The molecule has 0 unspecified atom stereocenters. The maximum absolute atomic E-state index is 11.6. The third-order valence-corrected chi connectivity index (χ3v) is 3.63. The molecule has 0 saturated carbocycles. The van der Waals surface area contributed by atoms with Crippen LogP contribution < -0.4 is 0 Å². The quantitative estimate of drug-likeness (QED) is 0.802. The molecule has 1 aromatic heterocycles. The number of amides is 1. The van der Waals surface area contributed by atoms with Crippen molar-refractivity contribution >= 4 is 5.91 Å². The van der Waals surface area contributed by atoms with Gasteiger partial charge in [0.2, 0.25) is 5.91 Å². The van der Waals surface area contributed by atoms with Gasteiger partial charge in [-0.1, -0.05) is 0 Å². The fourth-order valence-corrected chi connectivity index (χ4v) is 2.65. The van der Waals surface area contributed by atoms with E-state index in [1.165, 1.54) is 0 Å². The number of hydrogen-bond donors (Lipinski definition) is 0. The molecule has 1 fully saturated rings. The normalized spacial score (nSPS) is 16.0. The molecule has 1 saturated heterocycles. The molecule has 21 heavy (non-hydrogen) atoms. The molecule has 0 aromatic carbocycles. The molecule has 1 aromatic rings. The summed E-state index contributed by atoms with van der Waals surface area (Å²) in [4.78, 5) is 18.1. The van der Waals surface area contributed by atoms with Crippen LogP contribution in [0.5, 0.6) is 0 Å². The maximum atomic E-state index is 11.6. The highest BCUT2D eigenvalue weighted by atomic mass is 16.5. The van der Waals surface area contributed by atoms with Crippen molar-refractivity contribution in [2.75, 3.05) is 20.2 Å². The maximum Gasteiger partial charge on any atom is 0.222 e. The fourth-order valence-electron chi connectivity index (χ4n) is 2.65. The van der Waals surface area contributed by atoms with Crippen molar-refractivity contribution in [3.63, 3.8) is 0 Å². The van der Waals surface area contributed by atoms with Crippen LogP contribution in [0.4, 0.5) is 0 Å². The SMILES string of the molecule is COCc1nc(CCCN2CCCC2=O)n(C(C)(C)C)n1. The lowest BCUT2D eigenvalue weighted by Gasteiger charge is -2.21. The number of ether oxygens (including phenoxy) is 1. The lowest BCUT2D eigenvalue weighted by molar-refractivity contribution is -0.127. The number of hydrogen-bond acceptors (Lipinski definition) is 4. The molecule has 1 aliphatic rings. The minimum Gasteiger partial charge on any atom is -0.377 e. The van der Waals surface area contributed by atoms with E-state index in [2.05, 4.69) is 30.9 Å². The van der Waals surface area contributed by atoms with Crippen LogP contribution in [0.25, 0.3) is 0 Å². The smallest absolute Gasteiger partial charge is 0.222 e. The highest BCUT2D eigenvalue weighted by molar-refractivity contribution is 5.77. The third-order valence-electron chi connectivity index (χ3n) is 3.63. The molecule has 118 valence electrons. The molecule has 0 spiro atoms. The second-order valence-corrected chi connectivity index (χ2v) is 6.55. The Morgan fingerprint density at radius 1 is 1.33 bits per heavy atom. The summed E-state index contributed by atoms with van der Waals surface area (Å²) in [5, 5.41) is 4.54. The van der Waals surface area contributed by atoms with Gasteiger partial charge in [0, 0.05) is 33.0 Å². The molecule has 6 nitrogen and oxygen atoms in total. The molecule has 6 heteroatoms. The predicted molar refractivity (Wildman–Crippen MR) is 79.9 cm³/mol. The first-order chi connectivity index (χ1) is 9.91. The van der Waals surface area contributed by atoms with E-state index in [1.54, 1.807) is 7.11 Å². The zero-order valence-electron chi connectivity index (χ0n) is 13.6. The van der Waals surface area contributed by atoms with Gasteiger partial charge in [0.25, 0.3) is 0 Å². The van der Waals surface area contributed by atoms with Gasteiger partial charge >= 0.3 is 0 Å². The Bertz CT molecular complexity index is 490. The molecule has 1 aliphatic heterocycles. The highest BCUT2D eigenvalue weighted by Gasteiger charge is 2.22. The summed E-state index contributed by atoms with van der Waals surface area (Å²) < 4.78 is 7.10. The van der Waals surface area contributed by atoms with Gasteiger partial charge in [0.05, 0.1) is 5.54 Å². The van der Waals surface area contributed by atoms with Crippen LogP contribution in [-0.4, -0.2) is 45.8 Å². The third kappa shape index (κ3) is 4.03. The summed E-state index contributed by atoms with van der Waals surface area (Å²) in [7, 11) is 1.65. The monoisotopic (exact) mass is 294 g/mol. The summed E-state index contributed by atoms with van der Waals surface area (Å²) >= 11 is 0. The minimum absolute atomic E-state index is 0.0994. The summed E-state index contributed by atoms with van der Waals surface area (Å²) in [5.74, 6) is 1.98. The summed E-state index contributed by atoms with van der Waals surface area (Å²) in [6.07, 6.45) is 3.45. The first-order valence-corrected chi connectivity index (χ1v) is 7.64. The van der Waals surface area contributed by atoms with Crippen molar-refractivity contribution in [1.82, 2.24) is 19.7 Å². The molecular formula is C15H26N4O2. The second-order valence-electron chi connectivity index (χ2n) is 6.55. The van der Waals surface area contributed by atoms with E-state index in [0.717, 1.165) is 44.0 Å². The van der Waals surface area contributed by atoms with Gasteiger partial charge in [-0.25, -0.2) is 9.67 Å². The van der Waals surface area contributed by atoms with Crippen molar-refractivity contribution in [2.24, 2.45) is 0 Å². The zero-order valence-corrected chi connectivity index (χ0v) is 13.6. The fraction of sp³-hybridized carbons (Fsp3) is 0.800. The first-order valence-electron chi connectivity index (χ1n) is 7.64. The van der Waals surface area contributed by atoms with Gasteiger partial charge in [-0.3, -0.25) is 4.79 Å². The Morgan fingerprint density at radius 2 is 2.10 bits per heavy atom. The Morgan fingerprint density at radius 3 is 2.67 bits per heavy atom. The molecule has 2 heterocycles. The van der Waals surface area contributed by atoms with Gasteiger partial charge in [0.1, 0.15) is 12.4 Å². The van der Waals surface area contributed by atoms with E-state index in [1.807, 2.05) is 9.58 Å². The molecule has 0 radical (unpaired) electrons. The van der Waals surface area contributed by atoms with E-state index >= 15 is 0 Å². The largest absolute Gasteiger partial charge is 0.377 e. The lowest BCUT2D eigenvalue weighted by Crippen LogP contribution is -2.28. The van der Waals surface area contributed by atoms with Crippen molar-refractivity contribution in [2.45, 2.75) is 58.6 Å². The number of aromatic nitrogens is 3. The van der Waals surface area contributed by atoms with Crippen molar-refractivity contribution in [1.29, 1.82) is 0 Å². The Kier molecular flexibility index (Phi) is 4.98. The number of aryl methyl sites for hydroxylation is 1. The standard InChI is InChI=1S/C15H26N4O2/c1-15(2,3)19-13(16-12(17-19)11-21-4)7-5-9-18-10-6-8-14(18)20/h5-11H2,1-4H3. The van der Waals surface area contributed by atoms with E-state index in [-0.39, 0.29) is 11.4 Å². The molecule has 1 amide bonds. The summed E-state index contributed by atoms with van der Waals surface area (Å²) in [6.45, 7) is 8.50. The topological polar surface area (TPSA) is 60.2 Å². The van der Waals surface area contributed by atoms with Gasteiger partial charge in [-0.15, -0.1) is 0 Å². The molecule has 0 N–H and O–H groups in total. The van der Waals surface area contributed by atoms with E-state index in [0.29, 0.717) is 13.0 Å². The van der Waals surface area contributed by atoms with Crippen molar-refractivity contribution < 1.29 is 9.53 Å². The average molecular weight is 294 g/mol. The molecule has 0 atom stereocenters. The van der Waals surface area contributed by atoms with Crippen LogP contribution in [0.2, 0.25) is 0 Å². The molecule has 2 rings (SSSR count). The van der Waals surface area contributed by atoms with Crippen LogP contribution in [0.15, 0.2) is 0 Å². The Balaban J connectivity index is 1.99. The number of methoxy groups -OCH3 is 1. The Hall–Kier alpha value is -1.43. The molecular weight excluding hydrogens is 268 g/mol. The van der Waals surface area contributed by atoms with Crippen LogP contribution in [0.3, 0.4) is 0 Å². The van der Waals surface area contributed by atoms with Crippen LogP contribution in [0.1, 0.15) is 51.7 Å². The first kappa shape index (κ1) is 15.9. The van der Waals surface area contributed by atoms with E-state index in [4.69, 9.17) is 4.74 Å². The summed E-state index contributed by atoms with van der Waals surface area (Å²) in [6, 6.07) is 0. The number of nitrogens with zero attached hydrogens (tertiary/aromatic N) is 4. The van der Waals surface area contributed by atoms with Crippen molar-refractivity contribution in [3.05, 3.63) is 11.6 Å². The average Bonchev–Trinajstić information content (AvgIpc) is 2.97. The Labute approximate surface area is 126 Å². The number of rotatable bonds is 6. The highest BCUT2D eigenvalue weighted by Crippen LogP contribution is 2.17. The molecule has 0 bridgehead atoms.